The molecule has 0 bridgehead atoms. The molecule has 124 valence electrons. The Morgan fingerprint density at radius 1 is 1.05 bits per heavy atom. The number of hydrogen-bond donors (Lipinski definition) is 1. The van der Waals surface area contributed by atoms with Crippen LogP contribution in [0.25, 0.3) is 0 Å². The van der Waals surface area contributed by atoms with Crippen molar-refractivity contribution >= 4 is 10.0 Å². The van der Waals surface area contributed by atoms with Gasteiger partial charge in [-0.1, -0.05) is 25.7 Å². The number of nitrogens with one attached hydrogen (secondary N) is 1. The molecule has 22 heavy (non-hydrogen) atoms. The fourth-order valence-electron chi connectivity index (χ4n) is 2.72. The molecule has 0 aliphatic heterocycles. The molecule has 5 nitrogen and oxygen atoms in total. The lowest BCUT2D eigenvalue weighted by Gasteiger charge is -2.17. The summed E-state index contributed by atoms with van der Waals surface area (Å²) >= 11 is 0. The predicted molar refractivity (Wildman–Crippen MR) is 81.3 cm³/mol. The Kier molecular flexibility index (Phi) is 5.63. The van der Waals surface area contributed by atoms with Gasteiger partial charge in [0.25, 0.3) is 0 Å². The van der Waals surface area contributed by atoms with E-state index in [1.807, 2.05) is 0 Å². The maximum atomic E-state index is 14.1. The average Bonchev–Trinajstić information content (AvgIpc) is 2.74. The molecule has 0 spiro atoms. The van der Waals surface area contributed by atoms with Crippen LogP contribution in [0.4, 0.5) is 4.39 Å². The predicted octanol–water partition coefficient (Wildman–Crippen LogP) is 2.84. The van der Waals surface area contributed by atoms with Gasteiger partial charge in [0.1, 0.15) is 10.7 Å². The number of ether oxygens (including phenoxy) is 2. The van der Waals surface area contributed by atoms with E-state index < -0.39 is 20.7 Å². The molecule has 1 aliphatic carbocycles. The number of rotatable bonds is 5. The van der Waals surface area contributed by atoms with Crippen molar-refractivity contribution < 1.29 is 22.3 Å². The van der Waals surface area contributed by atoms with E-state index in [-0.39, 0.29) is 17.5 Å². The fraction of sp³-hybridized carbons (Fsp3) is 0.600. The maximum Gasteiger partial charge on any atom is 0.243 e. The quantitative estimate of drug-likeness (QED) is 0.843. The highest BCUT2D eigenvalue weighted by Crippen LogP contribution is 2.32. The molecule has 1 aromatic carbocycles. The van der Waals surface area contributed by atoms with Crippen LogP contribution in [0.2, 0.25) is 0 Å². The van der Waals surface area contributed by atoms with Crippen molar-refractivity contribution in [3.05, 3.63) is 17.9 Å². The Bertz CT molecular complexity index is 610. The van der Waals surface area contributed by atoms with Crippen molar-refractivity contribution in [3.63, 3.8) is 0 Å². The highest BCUT2D eigenvalue weighted by molar-refractivity contribution is 7.89. The Morgan fingerprint density at radius 3 is 2.14 bits per heavy atom. The lowest BCUT2D eigenvalue weighted by molar-refractivity contribution is 0.350. The molecule has 0 heterocycles. The molecule has 2 rings (SSSR count). The topological polar surface area (TPSA) is 64.6 Å². The monoisotopic (exact) mass is 331 g/mol. The summed E-state index contributed by atoms with van der Waals surface area (Å²) in [4.78, 5) is -0.408. The zero-order valence-electron chi connectivity index (χ0n) is 12.9. The summed E-state index contributed by atoms with van der Waals surface area (Å²) < 4.78 is 51.7. The van der Waals surface area contributed by atoms with E-state index in [1.165, 1.54) is 14.2 Å². The zero-order chi connectivity index (χ0) is 16.2. The Labute approximate surface area is 130 Å². The van der Waals surface area contributed by atoms with Gasteiger partial charge in [0.15, 0.2) is 11.5 Å². The first-order valence-electron chi connectivity index (χ1n) is 7.42. The zero-order valence-corrected chi connectivity index (χ0v) is 13.7. The normalized spacial score (nSPS) is 17.0. The number of methoxy groups -OCH3 is 2. The van der Waals surface area contributed by atoms with E-state index in [4.69, 9.17) is 9.47 Å². The first kappa shape index (κ1) is 17.0. The summed E-state index contributed by atoms with van der Waals surface area (Å²) in [6.07, 6.45) is 5.78. The first-order chi connectivity index (χ1) is 10.5. The average molecular weight is 331 g/mol. The highest BCUT2D eigenvalue weighted by atomic mass is 32.2. The summed E-state index contributed by atoms with van der Waals surface area (Å²) in [6, 6.07) is 2.05. The summed E-state index contributed by atoms with van der Waals surface area (Å²) in [5, 5.41) is 0. The van der Waals surface area contributed by atoms with Gasteiger partial charge in [0.05, 0.1) is 14.2 Å². The Balaban J connectivity index is 2.28. The number of halogens is 1. The molecule has 0 amide bonds. The van der Waals surface area contributed by atoms with Gasteiger partial charge < -0.3 is 9.47 Å². The van der Waals surface area contributed by atoms with Crippen molar-refractivity contribution in [2.75, 3.05) is 14.2 Å². The summed E-state index contributed by atoms with van der Waals surface area (Å²) in [6.45, 7) is 0. The fourth-order valence-corrected chi connectivity index (χ4v) is 4.10. The van der Waals surface area contributed by atoms with Crippen LogP contribution < -0.4 is 14.2 Å². The number of sulfonamides is 1. The minimum atomic E-state index is -3.92. The maximum absolute atomic E-state index is 14.1. The van der Waals surface area contributed by atoms with Crippen LogP contribution in [0, 0.1) is 5.82 Å². The van der Waals surface area contributed by atoms with Crippen molar-refractivity contribution in [1.82, 2.24) is 4.72 Å². The number of hydrogen-bond acceptors (Lipinski definition) is 4. The van der Waals surface area contributed by atoms with Crippen LogP contribution in [0.15, 0.2) is 17.0 Å². The smallest absolute Gasteiger partial charge is 0.243 e. The van der Waals surface area contributed by atoms with Crippen LogP contribution in [0.3, 0.4) is 0 Å². The molecule has 0 unspecified atom stereocenters. The van der Waals surface area contributed by atoms with E-state index in [0.29, 0.717) is 0 Å². The molecule has 1 aliphatic rings. The second-order valence-electron chi connectivity index (χ2n) is 5.45. The molecule has 0 aromatic heterocycles. The third-order valence-electron chi connectivity index (χ3n) is 3.90. The third-order valence-corrected chi connectivity index (χ3v) is 5.44. The van der Waals surface area contributed by atoms with Crippen LogP contribution in [-0.4, -0.2) is 28.7 Å². The first-order valence-corrected chi connectivity index (χ1v) is 8.90. The van der Waals surface area contributed by atoms with Gasteiger partial charge in [0, 0.05) is 18.2 Å². The number of benzene rings is 1. The van der Waals surface area contributed by atoms with Crippen LogP contribution >= 0.6 is 0 Å². The van der Waals surface area contributed by atoms with Crippen LogP contribution in [-0.2, 0) is 10.0 Å². The lowest BCUT2D eigenvalue weighted by atomic mass is 10.1. The van der Waals surface area contributed by atoms with E-state index >= 15 is 0 Å². The molecule has 1 aromatic rings. The summed E-state index contributed by atoms with van der Waals surface area (Å²) in [7, 11) is -1.17. The largest absolute Gasteiger partial charge is 0.493 e. The van der Waals surface area contributed by atoms with E-state index in [9.17, 15) is 12.8 Å². The van der Waals surface area contributed by atoms with Crippen molar-refractivity contribution in [2.45, 2.75) is 49.5 Å². The van der Waals surface area contributed by atoms with Gasteiger partial charge in [-0.05, 0) is 12.8 Å². The van der Waals surface area contributed by atoms with Crippen LogP contribution in [0.5, 0.6) is 11.5 Å². The van der Waals surface area contributed by atoms with Crippen LogP contribution in [0.1, 0.15) is 38.5 Å². The molecule has 1 N–H and O–H groups in total. The van der Waals surface area contributed by atoms with E-state index in [1.54, 1.807) is 0 Å². The van der Waals surface area contributed by atoms with Gasteiger partial charge in [0.2, 0.25) is 10.0 Å². The molecular weight excluding hydrogens is 309 g/mol. The van der Waals surface area contributed by atoms with Crippen molar-refractivity contribution in [3.8, 4) is 11.5 Å². The minimum Gasteiger partial charge on any atom is -0.493 e. The molecular formula is C15H22FNO4S. The SMILES string of the molecule is COc1cc(F)c(S(=O)(=O)NC2CCCCCC2)cc1OC. The summed E-state index contributed by atoms with van der Waals surface area (Å²) in [5.74, 6) is -0.502. The Morgan fingerprint density at radius 2 is 1.59 bits per heavy atom. The van der Waals surface area contributed by atoms with E-state index in [0.717, 1.165) is 50.7 Å². The highest BCUT2D eigenvalue weighted by Gasteiger charge is 2.26. The van der Waals surface area contributed by atoms with Gasteiger partial charge in [-0.15, -0.1) is 0 Å². The van der Waals surface area contributed by atoms with Gasteiger partial charge in [-0.2, -0.15) is 0 Å². The Hall–Kier alpha value is -1.34. The molecule has 0 atom stereocenters. The molecule has 1 fully saturated rings. The standard InChI is InChI=1S/C15H22FNO4S/c1-20-13-9-12(16)15(10-14(13)21-2)22(18,19)17-11-7-5-3-4-6-8-11/h9-11,17H,3-8H2,1-2H3. The minimum absolute atomic E-state index is 0.139. The van der Waals surface area contributed by atoms with Crippen molar-refractivity contribution in [2.24, 2.45) is 0 Å². The molecule has 0 saturated heterocycles. The molecule has 1 saturated carbocycles. The second kappa shape index (κ2) is 7.28. The second-order valence-corrected chi connectivity index (χ2v) is 7.13. The van der Waals surface area contributed by atoms with Gasteiger partial charge in [-0.3, -0.25) is 0 Å². The van der Waals surface area contributed by atoms with E-state index in [2.05, 4.69) is 4.72 Å². The molecule has 7 heteroatoms. The van der Waals surface area contributed by atoms with Gasteiger partial charge in [-0.25, -0.2) is 17.5 Å². The molecule has 0 radical (unpaired) electrons. The lowest BCUT2D eigenvalue weighted by Crippen LogP contribution is -2.34. The van der Waals surface area contributed by atoms with Gasteiger partial charge >= 0.3 is 0 Å². The third kappa shape index (κ3) is 3.89. The van der Waals surface area contributed by atoms with Crippen molar-refractivity contribution in [1.29, 1.82) is 0 Å². The summed E-state index contributed by atoms with van der Waals surface area (Å²) in [5.41, 5.74) is 0.